The molecule has 0 saturated carbocycles. The van der Waals surface area contributed by atoms with E-state index in [9.17, 15) is 21.6 Å². The fraction of sp³-hybridized carbons (Fsp3) is 1.00. The molecule has 0 spiro atoms. The number of nitrogens with one attached hydrogen (secondary N) is 1. The number of hydrogen-bond donors (Lipinski definition) is 2. The highest BCUT2D eigenvalue weighted by molar-refractivity contribution is 7.70. The summed E-state index contributed by atoms with van der Waals surface area (Å²) < 4.78 is 51.2. The molecule has 0 aliphatic rings. The molecule has 0 aliphatic carbocycles. The van der Waals surface area contributed by atoms with Gasteiger partial charge in [0.25, 0.3) is 0 Å². The fourth-order valence-electron chi connectivity index (χ4n) is 0.104. The van der Waals surface area contributed by atoms with Crippen LogP contribution >= 0.6 is 0 Å². The van der Waals surface area contributed by atoms with Crippen molar-refractivity contribution in [2.45, 2.75) is 6.30 Å². The first kappa shape index (κ1) is 7.70. The van der Waals surface area contributed by atoms with Gasteiger partial charge in [0.2, 0.25) is 10.9 Å². The SMILES string of the molecule is O=[SH](=O)NC(F)(F)F. The Morgan fingerprint density at radius 3 is 1.62 bits per heavy atom. The van der Waals surface area contributed by atoms with Crippen LogP contribution in [0, 0.1) is 0 Å². The third-order valence-electron chi connectivity index (χ3n) is 0.218. The summed E-state index contributed by atoms with van der Waals surface area (Å²) in [7, 11) is -3.56. The van der Waals surface area contributed by atoms with Crippen LogP contribution in [0.3, 0.4) is 0 Å². The maximum Gasteiger partial charge on any atom is 0.470 e. The van der Waals surface area contributed by atoms with E-state index in [2.05, 4.69) is 0 Å². The summed E-state index contributed by atoms with van der Waals surface area (Å²) in [4.78, 5) is 0. The molecule has 1 N–H and O–H groups in total. The van der Waals surface area contributed by atoms with Crippen LogP contribution in [0.25, 0.3) is 0 Å². The van der Waals surface area contributed by atoms with Crippen molar-refractivity contribution >= 4 is 10.9 Å². The molecule has 0 heterocycles. The molecule has 0 bridgehead atoms. The van der Waals surface area contributed by atoms with Gasteiger partial charge in [0.15, 0.2) is 0 Å². The summed E-state index contributed by atoms with van der Waals surface area (Å²) in [5.74, 6) is 0. The number of hydrogen-bond acceptors (Lipinski definition) is 2. The molecule has 3 nitrogen and oxygen atoms in total. The van der Waals surface area contributed by atoms with Crippen LogP contribution in [0.2, 0.25) is 0 Å². The number of rotatable bonds is 1. The van der Waals surface area contributed by atoms with Gasteiger partial charge < -0.3 is 0 Å². The number of alkyl halides is 3. The lowest BCUT2D eigenvalue weighted by Gasteiger charge is -1.98. The van der Waals surface area contributed by atoms with E-state index in [0.717, 1.165) is 0 Å². The summed E-state index contributed by atoms with van der Waals surface area (Å²) in [5, 5.41) is 0. The molecule has 0 radical (unpaired) electrons. The standard InChI is InChI=1S/CH2F3NO2S/c2-1(3,4)5-8(6)7/h8H,(H,5,6,7). The Balaban J connectivity index is 3.73. The first-order chi connectivity index (χ1) is 3.42. The lowest BCUT2D eigenvalue weighted by Crippen LogP contribution is -2.29. The lowest BCUT2D eigenvalue weighted by atomic mass is 11.3. The van der Waals surface area contributed by atoms with Crippen LogP contribution in [0.4, 0.5) is 13.2 Å². The highest BCUT2D eigenvalue weighted by Crippen LogP contribution is 2.07. The van der Waals surface area contributed by atoms with E-state index in [0.29, 0.717) is 4.72 Å². The average molecular weight is 149 g/mol. The van der Waals surface area contributed by atoms with Gasteiger partial charge in [-0.05, 0) is 0 Å². The Morgan fingerprint density at radius 1 is 1.25 bits per heavy atom. The second-order valence-electron chi connectivity index (χ2n) is 0.867. The van der Waals surface area contributed by atoms with Crippen LogP contribution in [0.15, 0.2) is 0 Å². The van der Waals surface area contributed by atoms with Gasteiger partial charge in [-0.25, -0.2) is 8.42 Å². The Kier molecular flexibility index (Phi) is 2.23. The zero-order valence-corrected chi connectivity index (χ0v) is 4.29. The van der Waals surface area contributed by atoms with E-state index >= 15 is 0 Å². The van der Waals surface area contributed by atoms with Gasteiger partial charge >= 0.3 is 6.30 Å². The Labute approximate surface area is 44.6 Å². The smallest absolute Gasteiger partial charge is 0.215 e. The maximum absolute atomic E-state index is 10.8. The second-order valence-corrected chi connectivity index (χ2v) is 1.60. The Bertz CT molecular complexity index is 129. The molecule has 8 heavy (non-hydrogen) atoms. The molecule has 0 amide bonds. The Morgan fingerprint density at radius 2 is 1.62 bits per heavy atom. The van der Waals surface area contributed by atoms with Crippen molar-refractivity contribution in [2.75, 3.05) is 0 Å². The minimum absolute atomic E-state index is 0.336. The highest BCUT2D eigenvalue weighted by Gasteiger charge is 2.27. The van der Waals surface area contributed by atoms with Crippen LogP contribution in [0.5, 0.6) is 0 Å². The summed E-state index contributed by atoms with van der Waals surface area (Å²) in [6, 6.07) is 0. The van der Waals surface area contributed by atoms with Crippen molar-refractivity contribution < 1.29 is 21.6 Å². The molecule has 0 atom stereocenters. The fourth-order valence-corrected chi connectivity index (χ4v) is 0.311. The minimum atomic E-state index is -4.82. The van der Waals surface area contributed by atoms with Crippen molar-refractivity contribution in [3.63, 3.8) is 0 Å². The molecule has 0 unspecified atom stereocenters. The zero-order chi connectivity index (χ0) is 6.78. The summed E-state index contributed by atoms with van der Waals surface area (Å²) in [5.41, 5.74) is 0. The van der Waals surface area contributed by atoms with Gasteiger partial charge in [-0.1, -0.05) is 0 Å². The molecule has 0 saturated heterocycles. The van der Waals surface area contributed by atoms with Gasteiger partial charge in [0.05, 0.1) is 0 Å². The van der Waals surface area contributed by atoms with Crippen LogP contribution in [-0.4, -0.2) is 14.7 Å². The van der Waals surface area contributed by atoms with Crippen molar-refractivity contribution in [3.05, 3.63) is 0 Å². The lowest BCUT2D eigenvalue weighted by molar-refractivity contribution is -0.137. The molecular weight excluding hydrogens is 147 g/mol. The topological polar surface area (TPSA) is 46.2 Å². The van der Waals surface area contributed by atoms with Crippen molar-refractivity contribution in [1.82, 2.24) is 4.72 Å². The van der Waals surface area contributed by atoms with Gasteiger partial charge in [-0.3, -0.25) is 0 Å². The van der Waals surface area contributed by atoms with Crippen molar-refractivity contribution in [1.29, 1.82) is 0 Å². The van der Waals surface area contributed by atoms with E-state index in [1.165, 1.54) is 0 Å². The summed E-state index contributed by atoms with van der Waals surface area (Å²) in [6.45, 7) is 0. The molecule has 0 aromatic rings. The van der Waals surface area contributed by atoms with Crippen molar-refractivity contribution in [2.24, 2.45) is 0 Å². The third-order valence-corrected chi connectivity index (χ3v) is 0.654. The molecular formula is CH2F3NO2S. The summed E-state index contributed by atoms with van der Waals surface area (Å²) >= 11 is 0. The molecule has 0 rings (SSSR count). The molecule has 0 aromatic carbocycles. The predicted molar refractivity (Wildman–Crippen MR) is 19.5 cm³/mol. The monoisotopic (exact) mass is 149 g/mol. The molecule has 0 aliphatic heterocycles. The van der Waals surface area contributed by atoms with Crippen LogP contribution in [0.1, 0.15) is 0 Å². The highest BCUT2D eigenvalue weighted by atomic mass is 32.2. The van der Waals surface area contributed by atoms with E-state index in [1.54, 1.807) is 0 Å². The molecule has 50 valence electrons. The van der Waals surface area contributed by atoms with Crippen molar-refractivity contribution in [3.8, 4) is 0 Å². The maximum atomic E-state index is 10.8. The normalized spacial score (nSPS) is 12.5. The van der Waals surface area contributed by atoms with Gasteiger partial charge in [0.1, 0.15) is 0 Å². The van der Waals surface area contributed by atoms with Gasteiger partial charge in [-0.2, -0.15) is 13.2 Å². The quantitative estimate of drug-likeness (QED) is 0.394. The molecule has 0 fully saturated rings. The zero-order valence-electron chi connectivity index (χ0n) is 3.40. The molecule has 0 aromatic heterocycles. The second kappa shape index (κ2) is 2.31. The number of halogens is 3. The van der Waals surface area contributed by atoms with Gasteiger partial charge in [-0.15, -0.1) is 4.72 Å². The molecule has 7 heteroatoms. The van der Waals surface area contributed by atoms with Crippen LogP contribution in [-0.2, 0) is 10.9 Å². The van der Waals surface area contributed by atoms with Crippen LogP contribution < -0.4 is 4.72 Å². The van der Waals surface area contributed by atoms with E-state index in [1.807, 2.05) is 0 Å². The van der Waals surface area contributed by atoms with E-state index in [-0.39, 0.29) is 0 Å². The van der Waals surface area contributed by atoms with E-state index < -0.39 is 17.2 Å². The predicted octanol–water partition coefficient (Wildman–Crippen LogP) is -0.378. The number of thiol groups is 1. The first-order valence-electron chi connectivity index (χ1n) is 1.41. The minimum Gasteiger partial charge on any atom is -0.215 e. The van der Waals surface area contributed by atoms with Gasteiger partial charge in [0, 0.05) is 0 Å². The Hall–Kier alpha value is -0.300. The third kappa shape index (κ3) is 5.70. The first-order valence-corrected chi connectivity index (χ1v) is 2.58. The van der Waals surface area contributed by atoms with E-state index in [4.69, 9.17) is 0 Å². The summed E-state index contributed by atoms with van der Waals surface area (Å²) in [6.07, 6.45) is -4.82. The largest absolute Gasteiger partial charge is 0.470 e. The average Bonchev–Trinajstić information content (AvgIpc) is 1.21.